The van der Waals surface area contributed by atoms with Gasteiger partial charge < -0.3 is 4.74 Å². The largest absolute Gasteiger partial charge is 0.453 e. The SMILES string of the molecule is COC(=O)NC1=NCc2cc(CC(=O)C[C@H](C)c3cccc(F)c3)ncc21. The quantitative estimate of drug-likeness (QED) is 0.878. The van der Waals surface area contributed by atoms with Gasteiger partial charge in [-0.05, 0) is 35.2 Å². The van der Waals surface area contributed by atoms with Crippen LogP contribution in [0.2, 0.25) is 0 Å². The predicted octanol–water partition coefficient (Wildman–Crippen LogP) is 3.14. The van der Waals surface area contributed by atoms with Crippen molar-refractivity contribution in [2.75, 3.05) is 7.11 Å². The van der Waals surface area contributed by atoms with Crippen LogP contribution in [0.25, 0.3) is 0 Å². The summed E-state index contributed by atoms with van der Waals surface area (Å²) in [5.41, 5.74) is 3.08. The lowest BCUT2D eigenvalue weighted by molar-refractivity contribution is -0.118. The summed E-state index contributed by atoms with van der Waals surface area (Å²) in [6.07, 6.45) is 1.53. The van der Waals surface area contributed by atoms with E-state index in [4.69, 9.17) is 0 Å². The molecule has 1 amide bonds. The third-order valence-corrected chi connectivity index (χ3v) is 4.44. The number of pyridine rings is 1. The Morgan fingerprint density at radius 2 is 2.15 bits per heavy atom. The number of Topliss-reactive ketones (excluding diaryl/α,β-unsaturated/α-hetero) is 1. The Kier molecular flexibility index (Phi) is 5.59. The smallest absolute Gasteiger partial charge is 0.412 e. The van der Waals surface area contributed by atoms with E-state index in [0.29, 0.717) is 24.5 Å². The summed E-state index contributed by atoms with van der Waals surface area (Å²) in [5, 5.41) is 2.55. The number of amides is 1. The van der Waals surface area contributed by atoms with E-state index in [-0.39, 0.29) is 23.9 Å². The average Bonchev–Trinajstić information content (AvgIpc) is 3.03. The first-order valence-electron chi connectivity index (χ1n) is 8.61. The summed E-state index contributed by atoms with van der Waals surface area (Å²) in [6, 6.07) is 8.14. The summed E-state index contributed by atoms with van der Waals surface area (Å²) in [5.74, 6) is 0.0817. The molecule has 2 heterocycles. The number of methoxy groups -OCH3 is 1. The molecule has 1 N–H and O–H groups in total. The molecular formula is C20H20FN3O3. The fourth-order valence-corrected chi connectivity index (χ4v) is 3.04. The number of nitrogens with one attached hydrogen (secondary N) is 1. The Morgan fingerprint density at radius 3 is 2.89 bits per heavy atom. The van der Waals surface area contributed by atoms with Crippen molar-refractivity contribution >= 4 is 17.7 Å². The molecule has 0 fully saturated rings. The highest BCUT2D eigenvalue weighted by atomic mass is 19.1. The van der Waals surface area contributed by atoms with Gasteiger partial charge in [0.25, 0.3) is 0 Å². The molecule has 27 heavy (non-hydrogen) atoms. The molecule has 1 aromatic carbocycles. The Morgan fingerprint density at radius 1 is 1.33 bits per heavy atom. The van der Waals surface area contributed by atoms with Gasteiger partial charge in [-0.15, -0.1) is 0 Å². The molecule has 0 unspecified atom stereocenters. The van der Waals surface area contributed by atoms with E-state index in [1.807, 2.05) is 19.1 Å². The van der Waals surface area contributed by atoms with Crippen molar-refractivity contribution in [3.05, 3.63) is 64.7 Å². The van der Waals surface area contributed by atoms with Crippen LogP contribution in [0.5, 0.6) is 0 Å². The second-order valence-electron chi connectivity index (χ2n) is 6.49. The molecule has 1 aromatic heterocycles. The number of amidine groups is 1. The number of ketones is 1. The third kappa shape index (κ3) is 4.55. The normalized spacial score (nSPS) is 13.5. The van der Waals surface area contributed by atoms with Crippen molar-refractivity contribution in [2.24, 2.45) is 4.99 Å². The topological polar surface area (TPSA) is 80.6 Å². The Bertz CT molecular complexity index is 911. The number of carbonyl (C=O) groups is 2. The van der Waals surface area contributed by atoms with Crippen molar-refractivity contribution in [3.63, 3.8) is 0 Å². The molecule has 1 atom stereocenters. The standard InChI is InChI=1S/C20H20FN3O3/c1-12(13-4-3-5-15(21)7-13)6-17(25)9-16-8-14-10-23-19(18(14)11-22-16)24-20(26)27-2/h3-5,7-8,11-12H,6,9-10H2,1-2H3,(H,23,24,26)/t12-/m0/s1. The molecule has 2 aromatic rings. The molecule has 1 aliphatic heterocycles. The van der Waals surface area contributed by atoms with Crippen LogP contribution in [-0.4, -0.2) is 29.8 Å². The molecule has 6 nitrogen and oxygen atoms in total. The molecule has 0 saturated heterocycles. The number of carbonyl (C=O) groups excluding carboxylic acids is 2. The lowest BCUT2D eigenvalue weighted by Crippen LogP contribution is -2.30. The number of fused-ring (bicyclic) bond motifs is 1. The van der Waals surface area contributed by atoms with E-state index in [1.165, 1.54) is 19.2 Å². The number of rotatable bonds is 5. The lowest BCUT2D eigenvalue weighted by atomic mass is 9.94. The van der Waals surface area contributed by atoms with E-state index in [0.717, 1.165) is 16.7 Å². The van der Waals surface area contributed by atoms with E-state index in [2.05, 4.69) is 20.0 Å². The number of aromatic nitrogens is 1. The predicted molar refractivity (Wildman–Crippen MR) is 98.2 cm³/mol. The molecule has 140 valence electrons. The van der Waals surface area contributed by atoms with Gasteiger partial charge in [0, 0.05) is 30.3 Å². The number of alkyl carbamates (subject to hydrolysis) is 1. The minimum atomic E-state index is -0.591. The number of hydrogen-bond acceptors (Lipinski definition) is 5. The third-order valence-electron chi connectivity index (χ3n) is 4.44. The molecule has 0 saturated carbocycles. The van der Waals surface area contributed by atoms with Crippen LogP contribution in [0.4, 0.5) is 9.18 Å². The maximum atomic E-state index is 13.3. The van der Waals surface area contributed by atoms with E-state index < -0.39 is 6.09 Å². The van der Waals surface area contributed by atoms with Gasteiger partial charge in [0.2, 0.25) is 0 Å². The Hall–Kier alpha value is -3.09. The number of aliphatic imine (C=N–C) groups is 1. The van der Waals surface area contributed by atoms with Crippen molar-refractivity contribution in [1.82, 2.24) is 10.3 Å². The molecule has 0 bridgehead atoms. The average molecular weight is 369 g/mol. The van der Waals surface area contributed by atoms with E-state index in [1.54, 1.807) is 12.3 Å². The first-order valence-corrected chi connectivity index (χ1v) is 8.61. The van der Waals surface area contributed by atoms with Gasteiger partial charge in [-0.1, -0.05) is 19.1 Å². The van der Waals surface area contributed by atoms with Gasteiger partial charge in [-0.3, -0.25) is 20.1 Å². The van der Waals surface area contributed by atoms with Gasteiger partial charge in [0.15, 0.2) is 0 Å². The zero-order chi connectivity index (χ0) is 19.4. The number of nitrogens with zero attached hydrogens (tertiary/aromatic N) is 2. The summed E-state index contributed by atoms with van der Waals surface area (Å²) in [6.45, 7) is 2.32. The summed E-state index contributed by atoms with van der Waals surface area (Å²) in [7, 11) is 1.28. The molecule has 1 aliphatic rings. The van der Waals surface area contributed by atoms with Crippen molar-refractivity contribution in [1.29, 1.82) is 0 Å². The van der Waals surface area contributed by atoms with Crippen molar-refractivity contribution in [2.45, 2.75) is 32.2 Å². The van der Waals surface area contributed by atoms with Gasteiger partial charge in [-0.2, -0.15) is 0 Å². The molecule has 0 aliphatic carbocycles. The fraction of sp³-hybridized carbons (Fsp3) is 0.300. The fourth-order valence-electron chi connectivity index (χ4n) is 3.04. The van der Waals surface area contributed by atoms with Crippen LogP contribution in [0.3, 0.4) is 0 Å². The van der Waals surface area contributed by atoms with Gasteiger partial charge in [0.1, 0.15) is 17.4 Å². The second kappa shape index (κ2) is 8.07. The monoisotopic (exact) mass is 369 g/mol. The van der Waals surface area contributed by atoms with Crippen molar-refractivity contribution < 1.29 is 18.7 Å². The van der Waals surface area contributed by atoms with Crippen LogP contribution in [0.15, 0.2) is 41.5 Å². The van der Waals surface area contributed by atoms with Gasteiger partial charge in [0.05, 0.1) is 13.7 Å². The Labute approximate surface area is 156 Å². The Balaban J connectivity index is 1.62. The van der Waals surface area contributed by atoms with Crippen LogP contribution in [0, 0.1) is 5.82 Å². The molecule has 7 heteroatoms. The summed E-state index contributed by atoms with van der Waals surface area (Å²) >= 11 is 0. The highest BCUT2D eigenvalue weighted by Gasteiger charge is 2.20. The molecule has 0 radical (unpaired) electrons. The highest BCUT2D eigenvalue weighted by molar-refractivity contribution is 6.08. The maximum Gasteiger partial charge on any atom is 0.412 e. The number of halogens is 1. The van der Waals surface area contributed by atoms with E-state index in [9.17, 15) is 14.0 Å². The first kappa shape index (κ1) is 18.7. The maximum absolute atomic E-state index is 13.3. The minimum Gasteiger partial charge on any atom is -0.453 e. The summed E-state index contributed by atoms with van der Waals surface area (Å²) < 4.78 is 17.9. The number of benzene rings is 1. The van der Waals surface area contributed by atoms with E-state index >= 15 is 0 Å². The van der Waals surface area contributed by atoms with Crippen LogP contribution >= 0.6 is 0 Å². The first-order chi connectivity index (χ1) is 13.0. The van der Waals surface area contributed by atoms with Crippen LogP contribution < -0.4 is 5.32 Å². The lowest BCUT2D eigenvalue weighted by Gasteiger charge is -2.11. The molecular weight excluding hydrogens is 349 g/mol. The molecule has 3 rings (SSSR count). The second-order valence-corrected chi connectivity index (χ2v) is 6.49. The zero-order valence-electron chi connectivity index (χ0n) is 15.2. The number of ether oxygens (including phenoxy) is 1. The van der Waals surface area contributed by atoms with Crippen molar-refractivity contribution in [3.8, 4) is 0 Å². The van der Waals surface area contributed by atoms with Gasteiger partial charge >= 0.3 is 6.09 Å². The minimum absolute atomic E-state index is 0.0334. The van der Waals surface area contributed by atoms with Crippen LogP contribution in [-0.2, 0) is 22.5 Å². The highest BCUT2D eigenvalue weighted by Crippen LogP contribution is 2.22. The van der Waals surface area contributed by atoms with Gasteiger partial charge in [-0.25, -0.2) is 9.18 Å². The molecule has 0 spiro atoms. The zero-order valence-corrected chi connectivity index (χ0v) is 15.2. The van der Waals surface area contributed by atoms with Crippen LogP contribution in [0.1, 0.15) is 41.6 Å². The number of hydrogen-bond donors (Lipinski definition) is 1. The summed E-state index contributed by atoms with van der Waals surface area (Å²) in [4.78, 5) is 32.3.